The Morgan fingerprint density at radius 2 is 1.83 bits per heavy atom. The number of rotatable bonds is 8. The molecule has 0 radical (unpaired) electrons. The lowest BCUT2D eigenvalue weighted by Gasteiger charge is -2.08. The van der Waals surface area contributed by atoms with Gasteiger partial charge in [-0.3, -0.25) is 4.79 Å². The van der Waals surface area contributed by atoms with Crippen molar-refractivity contribution in [1.82, 2.24) is 5.32 Å². The molecule has 0 aromatic heterocycles. The van der Waals surface area contributed by atoms with E-state index in [0.717, 1.165) is 29.0 Å². The normalized spacial score (nSPS) is 10.2. The molecule has 2 rings (SSSR count). The van der Waals surface area contributed by atoms with Crippen LogP contribution in [-0.2, 0) is 17.8 Å². The zero-order valence-corrected chi connectivity index (χ0v) is 13.7. The molecule has 0 aliphatic heterocycles. The summed E-state index contributed by atoms with van der Waals surface area (Å²) in [6.07, 6.45) is 1.19. The van der Waals surface area contributed by atoms with Gasteiger partial charge in [-0.2, -0.15) is 0 Å². The molecule has 0 aliphatic rings. The highest BCUT2D eigenvalue weighted by molar-refractivity contribution is 5.76. The van der Waals surface area contributed by atoms with Gasteiger partial charge >= 0.3 is 0 Å². The third-order valence-corrected chi connectivity index (χ3v) is 3.50. The van der Waals surface area contributed by atoms with Crippen LogP contribution in [0, 0.1) is 0 Å². The predicted molar refractivity (Wildman–Crippen MR) is 90.8 cm³/mol. The first kappa shape index (κ1) is 16.9. The number of methoxy groups -OCH3 is 1. The van der Waals surface area contributed by atoms with Crippen molar-refractivity contribution in [2.24, 2.45) is 0 Å². The Bertz CT molecular complexity index is 623. The lowest BCUT2D eigenvalue weighted by molar-refractivity contribution is -0.121. The van der Waals surface area contributed by atoms with Crippen LogP contribution in [0.1, 0.15) is 24.5 Å². The standard InChI is InChI=1S/C19H23NO3/c1-3-23-18-6-4-5-16(13-18)14-20-19(21)12-9-15-7-10-17(22-2)11-8-15/h4-8,10-11,13H,3,9,12,14H2,1-2H3,(H,20,21). The van der Waals surface area contributed by atoms with Gasteiger partial charge in [-0.1, -0.05) is 24.3 Å². The van der Waals surface area contributed by atoms with Gasteiger partial charge in [0, 0.05) is 13.0 Å². The molecule has 2 aromatic rings. The van der Waals surface area contributed by atoms with Crippen LogP contribution in [0.4, 0.5) is 0 Å². The summed E-state index contributed by atoms with van der Waals surface area (Å²) in [5.41, 5.74) is 2.16. The number of carbonyl (C=O) groups excluding carboxylic acids is 1. The predicted octanol–water partition coefficient (Wildman–Crippen LogP) is 3.34. The van der Waals surface area contributed by atoms with Crippen molar-refractivity contribution in [2.75, 3.05) is 13.7 Å². The summed E-state index contributed by atoms with van der Waals surface area (Å²) in [7, 11) is 1.64. The summed E-state index contributed by atoms with van der Waals surface area (Å²) in [4.78, 5) is 12.0. The van der Waals surface area contributed by atoms with Crippen molar-refractivity contribution in [2.45, 2.75) is 26.3 Å². The Labute approximate surface area is 137 Å². The molecule has 1 amide bonds. The molecule has 0 heterocycles. The number of nitrogens with one attached hydrogen (secondary N) is 1. The summed E-state index contributed by atoms with van der Waals surface area (Å²) < 4.78 is 10.6. The molecule has 0 unspecified atom stereocenters. The minimum Gasteiger partial charge on any atom is -0.497 e. The second-order valence-corrected chi connectivity index (χ2v) is 5.21. The second-order valence-electron chi connectivity index (χ2n) is 5.21. The third kappa shape index (κ3) is 5.66. The van der Waals surface area contributed by atoms with Crippen LogP contribution in [0.3, 0.4) is 0 Å². The van der Waals surface area contributed by atoms with Crippen LogP contribution in [0.5, 0.6) is 11.5 Å². The highest BCUT2D eigenvalue weighted by Gasteiger charge is 2.04. The van der Waals surface area contributed by atoms with Gasteiger partial charge in [-0.15, -0.1) is 0 Å². The second kappa shape index (κ2) is 8.83. The van der Waals surface area contributed by atoms with Crippen LogP contribution >= 0.6 is 0 Å². The molecule has 0 bridgehead atoms. The monoisotopic (exact) mass is 313 g/mol. The number of amides is 1. The maximum atomic E-state index is 12.0. The van der Waals surface area contributed by atoms with E-state index < -0.39 is 0 Å². The molecule has 0 spiro atoms. The highest BCUT2D eigenvalue weighted by atomic mass is 16.5. The fourth-order valence-electron chi connectivity index (χ4n) is 2.25. The third-order valence-electron chi connectivity index (χ3n) is 3.50. The lowest BCUT2D eigenvalue weighted by atomic mass is 10.1. The van der Waals surface area contributed by atoms with Crippen molar-refractivity contribution >= 4 is 5.91 Å². The van der Waals surface area contributed by atoms with Crippen LogP contribution in [-0.4, -0.2) is 19.6 Å². The molecular weight excluding hydrogens is 290 g/mol. The Morgan fingerprint density at radius 3 is 2.52 bits per heavy atom. The Balaban J connectivity index is 1.77. The molecule has 0 atom stereocenters. The van der Waals surface area contributed by atoms with E-state index in [4.69, 9.17) is 9.47 Å². The summed E-state index contributed by atoms with van der Waals surface area (Å²) in [6.45, 7) is 3.10. The van der Waals surface area contributed by atoms with E-state index in [1.807, 2.05) is 55.5 Å². The lowest BCUT2D eigenvalue weighted by Crippen LogP contribution is -2.23. The smallest absolute Gasteiger partial charge is 0.220 e. The van der Waals surface area contributed by atoms with E-state index in [1.165, 1.54) is 0 Å². The first-order valence-electron chi connectivity index (χ1n) is 7.82. The van der Waals surface area contributed by atoms with Gasteiger partial charge in [0.25, 0.3) is 0 Å². The maximum Gasteiger partial charge on any atom is 0.220 e. The first-order chi connectivity index (χ1) is 11.2. The number of hydrogen-bond acceptors (Lipinski definition) is 3. The molecule has 122 valence electrons. The average molecular weight is 313 g/mol. The van der Waals surface area contributed by atoms with Crippen molar-refractivity contribution in [3.05, 3.63) is 59.7 Å². The average Bonchev–Trinajstić information content (AvgIpc) is 2.59. The summed E-state index contributed by atoms with van der Waals surface area (Å²) >= 11 is 0. The fraction of sp³-hybridized carbons (Fsp3) is 0.316. The summed E-state index contributed by atoms with van der Waals surface area (Å²) in [5, 5.41) is 2.94. The molecule has 0 fully saturated rings. The minimum absolute atomic E-state index is 0.0441. The van der Waals surface area contributed by atoms with Gasteiger partial charge in [0.2, 0.25) is 5.91 Å². The molecule has 23 heavy (non-hydrogen) atoms. The zero-order valence-electron chi connectivity index (χ0n) is 13.7. The van der Waals surface area contributed by atoms with E-state index in [9.17, 15) is 4.79 Å². The van der Waals surface area contributed by atoms with E-state index in [1.54, 1.807) is 7.11 Å². The van der Waals surface area contributed by atoms with Gasteiger partial charge in [0.1, 0.15) is 11.5 Å². The largest absolute Gasteiger partial charge is 0.497 e. The van der Waals surface area contributed by atoms with E-state index in [-0.39, 0.29) is 5.91 Å². The van der Waals surface area contributed by atoms with Crippen LogP contribution in [0.2, 0.25) is 0 Å². The van der Waals surface area contributed by atoms with Crippen molar-refractivity contribution < 1.29 is 14.3 Å². The van der Waals surface area contributed by atoms with Crippen molar-refractivity contribution in [3.8, 4) is 11.5 Å². The van der Waals surface area contributed by atoms with Gasteiger partial charge in [-0.05, 0) is 48.7 Å². The van der Waals surface area contributed by atoms with Gasteiger partial charge in [-0.25, -0.2) is 0 Å². The van der Waals surface area contributed by atoms with Gasteiger partial charge < -0.3 is 14.8 Å². The first-order valence-corrected chi connectivity index (χ1v) is 7.82. The van der Waals surface area contributed by atoms with E-state index in [2.05, 4.69) is 5.32 Å². The Kier molecular flexibility index (Phi) is 6.48. The molecule has 1 N–H and O–H groups in total. The molecule has 0 saturated carbocycles. The topological polar surface area (TPSA) is 47.6 Å². The highest BCUT2D eigenvalue weighted by Crippen LogP contribution is 2.14. The Hall–Kier alpha value is -2.49. The molecule has 0 aliphatic carbocycles. The van der Waals surface area contributed by atoms with Crippen LogP contribution < -0.4 is 14.8 Å². The number of benzene rings is 2. The SMILES string of the molecule is CCOc1cccc(CNC(=O)CCc2ccc(OC)cc2)c1. The number of ether oxygens (including phenoxy) is 2. The molecule has 2 aromatic carbocycles. The number of aryl methyl sites for hydroxylation is 1. The van der Waals surface area contributed by atoms with Crippen LogP contribution in [0.25, 0.3) is 0 Å². The van der Waals surface area contributed by atoms with Crippen molar-refractivity contribution in [3.63, 3.8) is 0 Å². The minimum atomic E-state index is 0.0441. The molecule has 4 nitrogen and oxygen atoms in total. The summed E-state index contributed by atoms with van der Waals surface area (Å²) in [6, 6.07) is 15.6. The fourth-order valence-corrected chi connectivity index (χ4v) is 2.25. The molecule has 4 heteroatoms. The van der Waals surface area contributed by atoms with Crippen LogP contribution in [0.15, 0.2) is 48.5 Å². The number of carbonyl (C=O) groups is 1. The summed E-state index contributed by atoms with van der Waals surface area (Å²) in [5.74, 6) is 1.70. The maximum absolute atomic E-state index is 12.0. The molecule has 0 saturated heterocycles. The van der Waals surface area contributed by atoms with Crippen molar-refractivity contribution in [1.29, 1.82) is 0 Å². The van der Waals surface area contributed by atoms with Gasteiger partial charge in [0.05, 0.1) is 13.7 Å². The van der Waals surface area contributed by atoms with E-state index in [0.29, 0.717) is 19.6 Å². The van der Waals surface area contributed by atoms with E-state index >= 15 is 0 Å². The van der Waals surface area contributed by atoms with Gasteiger partial charge in [0.15, 0.2) is 0 Å². The molecular formula is C19H23NO3. The zero-order chi connectivity index (χ0) is 16.5. The number of hydrogen-bond donors (Lipinski definition) is 1. The quantitative estimate of drug-likeness (QED) is 0.813. The Morgan fingerprint density at radius 1 is 1.04 bits per heavy atom.